The molecule has 0 aromatic heterocycles. The third kappa shape index (κ3) is 3.08. The highest BCUT2D eigenvalue weighted by Gasteiger charge is 3.04. The molecule has 0 aromatic carbocycles. The Bertz CT molecular complexity index is 1170. The van der Waals surface area contributed by atoms with Crippen LogP contribution in [0.3, 0.4) is 0 Å². The van der Waals surface area contributed by atoms with Gasteiger partial charge in [-0.15, -0.1) is 0 Å². The summed E-state index contributed by atoms with van der Waals surface area (Å²) in [4.78, 5) is 51.0. The van der Waals surface area contributed by atoms with Gasteiger partial charge < -0.3 is 48.1 Å². The molecular formula is C27H36O14. The van der Waals surface area contributed by atoms with E-state index in [-0.39, 0.29) is 39.5 Å². The predicted octanol–water partition coefficient (Wildman–Crippen LogP) is -1.14. The van der Waals surface area contributed by atoms with Crippen molar-refractivity contribution in [2.24, 2.45) is 28.1 Å². The van der Waals surface area contributed by atoms with E-state index in [1.54, 1.807) is 0 Å². The van der Waals surface area contributed by atoms with Crippen molar-refractivity contribution in [1.82, 2.24) is 0 Å². The minimum Gasteiger partial charge on any atom is -0.467 e. The van der Waals surface area contributed by atoms with E-state index in [1.807, 2.05) is 20.8 Å². The number of rotatable bonds is 9. The standard InChI is InChI=1S/C27H36O14/c1-12-19(30)39-17-16(29)25-14-10-13(23(2,3)4)24(25)18(37-9-8-35-6-7-36-11-15(28)34-5)20(31)40-22(24)41-27(25,21(32)38-14)26(12,17)33/h12-14,16-18,22,29,33H,6-11H2,1-5H3/t12?,13-,14?,16-,17-,18-,22?,24?,25-,26+,27+/m0/s1. The molecule has 4 unspecified atom stereocenters. The van der Waals surface area contributed by atoms with Crippen LogP contribution in [0.4, 0.5) is 0 Å². The van der Waals surface area contributed by atoms with Crippen LogP contribution in [0.15, 0.2) is 0 Å². The van der Waals surface area contributed by atoms with Crippen LogP contribution in [0.1, 0.15) is 34.1 Å². The highest BCUT2D eigenvalue weighted by molar-refractivity contribution is 5.94. The minimum atomic E-state index is -2.27. The molecule has 41 heavy (non-hydrogen) atoms. The summed E-state index contributed by atoms with van der Waals surface area (Å²) in [5.74, 6) is -4.65. The highest BCUT2D eigenvalue weighted by Crippen LogP contribution is 2.84. The van der Waals surface area contributed by atoms with E-state index < -0.39 is 93.9 Å². The maximum atomic E-state index is 13.8. The SMILES string of the molecule is COC(=O)COCCOCCO[C@H]1C(=O)OC2O[C@]34C(=O)OC5C[C@@H](C(C)(C)C)C21[C@@]53[C@@H](O)[C@@H]1OC(=O)C(C)[C@@]14O. The van der Waals surface area contributed by atoms with Gasteiger partial charge in [0.2, 0.25) is 11.9 Å². The number of ether oxygens (including phenoxy) is 8. The van der Waals surface area contributed by atoms with Gasteiger partial charge in [-0.05, 0) is 24.7 Å². The first-order chi connectivity index (χ1) is 19.3. The molecule has 228 valence electrons. The van der Waals surface area contributed by atoms with Gasteiger partial charge in [-0.2, -0.15) is 0 Å². The molecule has 4 heterocycles. The number of hydrogen-bond acceptors (Lipinski definition) is 14. The lowest BCUT2D eigenvalue weighted by Gasteiger charge is -2.48. The average Bonchev–Trinajstić information content (AvgIpc) is 3.62. The van der Waals surface area contributed by atoms with Crippen molar-refractivity contribution in [1.29, 1.82) is 0 Å². The van der Waals surface area contributed by atoms with E-state index in [9.17, 15) is 29.4 Å². The summed E-state index contributed by atoms with van der Waals surface area (Å²) in [6, 6.07) is 0. The lowest BCUT2D eigenvalue weighted by molar-refractivity contribution is -0.240. The smallest absolute Gasteiger partial charge is 0.343 e. The highest BCUT2D eigenvalue weighted by atomic mass is 16.8. The van der Waals surface area contributed by atoms with Crippen molar-refractivity contribution in [3.8, 4) is 0 Å². The molecule has 0 aromatic rings. The molecule has 2 aliphatic carbocycles. The van der Waals surface area contributed by atoms with Crippen LogP contribution in [-0.2, 0) is 57.1 Å². The molecule has 0 radical (unpaired) electrons. The fourth-order valence-electron chi connectivity index (χ4n) is 8.96. The molecule has 14 heteroatoms. The monoisotopic (exact) mass is 584 g/mol. The van der Waals surface area contributed by atoms with Crippen LogP contribution in [0.5, 0.6) is 0 Å². The summed E-state index contributed by atoms with van der Waals surface area (Å²) < 4.78 is 44.8. The van der Waals surface area contributed by atoms with Crippen LogP contribution in [-0.4, -0.2) is 116 Å². The number of aliphatic hydroxyl groups is 2. The van der Waals surface area contributed by atoms with Crippen LogP contribution in [0.2, 0.25) is 0 Å². The number of carbonyl (C=O) groups excluding carboxylic acids is 4. The maximum absolute atomic E-state index is 13.8. The number of aliphatic hydroxyl groups excluding tert-OH is 1. The van der Waals surface area contributed by atoms with Gasteiger partial charge in [0.05, 0.1) is 50.3 Å². The molecule has 6 rings (SSSR count). The Morgan fingerprint density at radius 1 is 1.02 bits per heavy atom. The normalized spacial score (nSPS) is 47.0. The molecule has 0 bridgehead atoms. The first kappa shape index (κ1) is 28.7. The lowest BCUT2D eigenvalue weighted by Crippen LogP contribution is -2.67. The van der Waals surface area contributed by atoms with Gasteiger partial charge in [0.1, 0.15) is 18.8 Å². The number of esters is 4. The number of fused-ring (bicyclic) bond motifs is 1. The zero-order valence-electron chi connectivity index (χ0n) is 23.6. The quantitative estimate of drug-likeness (QED) is 0.188. The average molecular weight is 585 g/mol. The summed E-state index contributed by atoms with van der Waals surface area (Å²) in [7, 11) is 1.26. The molecule has 2 N–H and O–H groups in total. The van der Waals surface area contributed by atoms with Gasteiger partial charge >= 0.3 is 23.9 Å². The van der Waals surface area contributed by atoms with Crippen molar-refractivity contribution in [3.63, 3.8) is 0 Å². The third-order valence-electron chi connectivity index (χ3n) is 10.3. The molecule has 6 aliphatic rings. The van der Waals surface area contributed by atoms with Gasteiger partial charge in [-0.25, -0.2) is 14.4 Å². The number of carbonyl (C=O) groups is 4. The zero-order valence-corrected chi connectivity index (χ0v) is 23.6. The summed E-state index contributed by atoms with van der Waals surface area (Å²) >= 11 is 0. The Labute approximate surface area is 235 Å². The van der Waals surface area contributed by atoms with Crippen LogP contribution >= 0.6 is 0 Å². The van der Waals surface area contributed by atoms with E-state index in [4.69, 9.17) is 33.2 Å². The summed E-state index contributed by atoms with van der Waals surface area (Å²) in [6.07, 6.45) is -6.52. The lowest BCUT2D eigenvalue weighted by atomic mass is 9.51. The zero-order chi connectivity index (χ0) is 29.8. The van der Waals surface area contributed by atoms with Crippen molar-refractivity contribution in [3.05, 3.63) is 0 Å². The topological polar surface area (TPSA) is 183 Å². The van der Waals surface area contributed by atoms with E-state index in [0.29, 0.717) is 0 Å². The Hall–Kier alpha value is -2.36. The Kier molecular flexibility index (Phi) is 6.36. The van der Waals surface area contributed by atoms with Crippen LogP contribution in [0.25, 0.3) is 0 Å². The summed E-state index contributed by atoms with van der Waals surface area (Å²) in [6.45, 7) is 7.33. The molecule has 2 saturated carbocycles. The van der Waals surface area contributed by atoms with Crippen molar-refractivity contribution < 1.29 is 67.3 Å². The van der Waals surface area contributed by atoms with Crippen LogP contribution in [0, 0.1) is 28.1 Å². The van der Waals surface area contributed by atoms with E-state index in [2.05, 4.69) is 4.74 Å². The first-order valence-electron chi connectivity index (χ1n) is 13.8. The van der Waals surface area contributed by atoms with Gasteiger partial charge in [0.15, 0.2) is 17.8 Å². The molecule has 6 fully saturated rings. The third-order valence-corrected chi connectivity index (χ3v) is 10.3. The second-order valence-electron chi connectivity index (χ2n) is 12.8. The largest absolute Gasteiger partial charge is 0.467 e. The van der Waals surface area contributed by atoms with E-state index in [1.165, 1.54) is 14.0 Å². The second kappa shape index (κ2) is 9.07. The maximum Gasteiger partial charge on any atom is 0.343 e. The van der Waals surface area contributed by atoms with Crippen LogP contribution < -0.4 is 0 Å². The fraction of sp³-hybridized carbons (Fsp3) is 0.852. The predicted molar refractivity (Wildman–Crippen MR) is 129 cm³/mol. The van der Waals surface area contributed by atoms with Crippen molar-refractivity contribution >= 4 is 23.9 Å². The molecule has 11 atom stereocenters. The molecule has 4 aliphatic heterocycles. The van der Waals surface area contributed by atoms with Gasteiger partial charge in [0, 0.05) is 0 Å². The summed E-state index contributed by atoms with van der Waals surface area (Å²) in [5, 5.41) is 24.2. The number of methoxy groups -OCH3 is 1. The van der Waals surface area contributed by atoms with Gasteiger partial charge in [-0.1, -0.05) is 20.8 Å². The number of hydrogen-bond donors (Lipinski definition) is 2. The molecular weight excluding hydrogens is 548 g/mol. The van der Waals surface area contributed by atoms with E-state index in [0.717, 1.165) is 0 Å². The van der Waals surface area contributed by atoms with E-state index >= 15 is 0 Å². The second-order valence-corrected chi connectivity index (χ2v) is 12.8. The van der Waals surface area contributed by atoms with Gasteiger partial charge in [0.25, 0.3) is 0 Å². The summed E-state index contributed by atoms with van der Waals surface area (Å²) in [5.41, 5.74) is -8.24. The molecule has 0 amide bonds. The Morgan fingerprint density at radius 2 is 1.71 bits per heavy atom. The molecule has 4 saturated heterocycles. The van der Waals surface area contributed by atoms with Crippen molar-refractivity contribution in [2.45, 2.75) is 76.0 Å². The Morgan fingerprint density at radius 3 is 2.39 bits per heavy atom. The Balaban J connectivity index is 1.34. The minimum absolute atomic E-state index is 0.0495. The first-order valence-corrected chi connectivity index (χ1v) is 13.8. The van der Waals surface area contributed by atoms with Gasteiger partial charge in [-0.3, -0.25) is 4.79 Å². The van der Waals surface area contributed by atoms with Crippen molar-refractivity contribution in [2.75, 3.05) is 40.1 Å². The molecule has 2 spiro atoms. The molecule has 14 nitrogen and oxygen atoms in total. The fourth-order valence-corrected chi connectivity index (χ4v) is 8.96.